The Morgan fingerprint density at radius 2 is 1.72 bits per heavy atom. The minimum absolute atomic E-state index is 0.515. The maximum absolute atomic E-state index is 2.89. The minimum Gasteiger partial charge on any atom is -0.298 e. The highest BCUT2D eigenvalue weighted by Gasteiger charge is 2.41. The molecule has 0 radical (unpaired) electrons. The molecule has 0 bridgehead atoms. The van der Waals surface area contributed by atoms with Crippen molar-refractivity contribution in [1.29, 1.82) is 0 Å². The van der Waals surface area contributed by atoms with E-state index in [1.807, 2.05) is 0 Å². The summed E-state index contributed by atoms with van der Waals surface area (Å²) in [5.74, 6) is 0. The lowest BCUT2D eigenvalue weighted by Gasteiger charge is -2.55. The van der Waals surface area contributed by atoms with Gasteiger partial charge in [0.05, 0.1) is 0 Å². The Labute approximate surface area is 113 Å². The third kappa shape index (κ3) is 2.34. The molecular formula is C16H30N2. The molecule has 1 aliphatic carbocycles. The predicted octanol–water partition coefficient (Wildman–Crippen LogP) is 3.27. The first-order chi connectivity index (χ1) is 8.69. The Kier molecular flexibility index (Phi) is 3.68. The zero-order valence-electron chi connectivity index (χ0n) is 12.3. The summed E-state index contributed by atoms with van der Waals surface area (Å²) in [6.45, 7) is 9.03. The first kappa shape index (κ1) is 12.9. The summed E-state index contributed by atoms with van der Waals surface area (Å²) in [6.07, 6.45) is 11.6. The molecule has 104 valence electrons. The number of rotatable bonds is 1. The van der Waals surface area contributed by atoms with Gasteiger partial charge in [-0.1, -0.05) is 25.7 Å². The summed E-state index contributed by atoms with van der Waals surface area (Å²) < 4.78 is 0. The molecular weight excluding hydrogens is 220 g/mol. The average molecular weight is 250 g/mol. The molecule has 3 fully saturated rings. The lowest BCUT2D eigenvalue weighted by molar-refractivity contribution is -0.0544. The largest absolute Gasteiger partial charge is 0.298 e. The molecule has 3 rings (SSSR count). The molecule has 2 heterocycles. The van der Waals surface area contributed by atoms with E-state index in [-0.39, 0.29) is 0 Å². The third-order valence-electron chi connectivity index (χ3n) is 5.81. The molecule has 0 spiro atoms. The Bertz CT molecular complexity index is 283. The topological polar surface area (TPSA) is 6.48 Å². The summed E-state index contributed by atoms with van der Waals surface area (Å²) >= 11 is 0. The standard InChI is InChI=1S/C16H30N2/c1-14-12-17-11-7-4-8-15(17)13-18(14)16(2)9-5-3-6-10-16/h14-15H,3-13H2,1-2H3. The maximum atomic E-state index is 2.89. The molecule has 3 aliphatic rings. The van der Waals surface area contributed by atoms with E-state index in [1.165, 1.54) is 71.0 Å². The van der Waals surface area contributed by atoms with Crippen LogP contribution in [0.4, 0.5) is 0 Å². The van der Waals surface area contributed by atoms with E-state index in [2.05, 4.69) is 23.6 Å². The summed E-state index contributed by atoms with van der Waals surface area (Å²) in [5.41, 5.74) is 0.515. The molecule has 0 amide bonds. The van der Waals surface area contributed by atoms with Crippen molar-refractivity contribution in [2.75, 3.05) is 19.6 Å². The van der Waals surface area contributed by atoms with Crippen LogP contribution in [-0.2, 0) is 0 Å². The SMILES string of the molecule is CC1CN2CCCCC2CN1C1(C)CCCCC1. The fourth-order valence-corrected chi connectivity index (χ4v) is 4.71. The molecule has 18 heavy (non-hydrogen) atoms. The van der Waals surface area contributed by atoms with E-state index >= 15 is 0 Å². The molecule has 2 saturated heterocycles. The van der Waals surface area contributed by atoms with Crippen LogP contribution in [-0.4, -0.2) is 47.1 Å². The van der Waals surface area contributed by atoms with Gasteiger partial charge in [0.15, 0.2) is 0 Å². The molecule has 2 aliphatic heterocycles. The van der Waals surface area contributed by atoms with Gasteiger partial charge in [-0.2, -0.15) is 0 Å². The van der Waals surface area contributed by atoms with E-state index < -0.39 is 0 Å². The summed E-state index contributed by atoms with van der Waals surface area (Å²) in [6, 6.07) is 1.64. The Morgan fingerprint density at radius 3 is 2.50 bits per heavy atom. The van der Waals surface area contributed by atoms with Gasteiger partial charge in [0.2, 0.25) is 0 Å². The number of fused-ring (bicyclic) bond motifs is 1. The van der Waals surface area contributed by atoms with Gasteiger partial charge < -0.3 is 0 Å². The Hall–Kier alpha value is -0.0800. The fourth-order valence-electron chi connectivity index (χ4n) is 4.71. The molecule has 0 aromatic heterocycles. The lowest BCUT2D eigenvalue weighted by Crippen LogP contribution is -2.64. The second kappa shape index (κ2) is 5.13. The van der Waals surface area contributed by atoms with Crippen LogP contribution in [0.3, 0.4) is 0 Å². The minimum atomic E-state index is 0.515. The molecule has 0 aromatic carbocycles. The van der Waals surface area contributed by atoms with Crippen LogP contribution in [0, 0.1) is 0 Å². The molecule has 2 atom stereocenters. The zero-order valence-corrected chi connectivity index (χ0v) is 12.3. The van der Waals surface area contributed by atoms with Crippen molar-refractivity contribution in [3.8, 4) is 0 Å². The van der Waals surface area contributed by atoms with Crippen molar-refractivity contribution in [3.63, 3.8) is 0 Å². The number of piperazine rings is 1. The van der Waals surface area contributed by atoms with Crippen LogP contribution in [0.1, 0.15) is 65.2 Å². The van der Waals surface area contributed by atoms with Crippen molar-refractivity contribution >= 4 is 0 Å². The summed E-state index contributed by atoms with van der Waals surface area (Å²) in [7, 11) is 0. The average Bonchev–Trinajstić information content (AvgIpc) is 2.38. The molecule has 2 nitrogen and oxygen atoms in total. The van der Waals surface area contributed by atoms with Crippen LogP contribution in [0.2, 0.25) is 0 Å². The molecule has 0 aromatic rings. The van der Waals surface area contributed by atoms with Crippen molar-refractivity contribution in [2.24, 2.45) is 0 Å². The van der Waals surface area contributed by atoms with Crippen LogP contribution in [0.15, 0.2) is 0 Å². The van der Waals surface area contributed by atoms with Gasteiger partial charge >= 0.3 is 0 Å². The first-order valence-electron chi connectivity index (χ1n) is 8.20. The monoisotopic (exact) mass is 250 g/mol. The van der Waals surface area contributed by atoms with Gasteiger partial charge in [-0.25, -0.2) is 0 Å². The molecule has 1 saturated carbocycles. The van der Waals surface area contributed by atoms with Crippen molar-refractivity contribution in [1.82, 2.24) is 9.80 Å². The number of hydrogen-bond donors (Lipinski definition) is 0. The quantitative estimate of drug-likeness (QED) is 0.705. The normalized spacial score (nSPS) is 38.3. The van der Waals surface area contributed by atoms with Crippen LogP contribution in [0.5, 0.6) is 0 Å². The van der Waals surface area contributed by atoms with Gasteiger partial charge in [0, 0.05) is 30.7 Å². The van der Waals surface area contributed by atoms with Gasteiger partial charge in [0.25, 0.3) is 0 Å². The van der Waals surface area contributed by atoms with Gasteiger partial charge in [-0.05, 0) is 46.1 Å². The van der Waals surface area contributed by atoms with Gasteiger partial charge in [0.1, 0.15) is 0 Å². The maximum Gasteiger partial charge on any atom is 0.0224 e. The number of hydrogen-bond acceptors (Lipinski definition) is 2. The Morgan fingerprint density at radius 1 is 0.944 bits per heavy atom. The lowest BCUT2D eigenvalue weighted by atomic mass is 9.79. The number of nitrogens with zero attached hydrogens (tertiary/aromatic N) is 2. The van der Waals surface area contributed by atoms with Gasteiger partial charge in [-0.3, -0.25) is 9.80 Å². The smallest absolute Gasteiger partial charge is 0.0224 e. The fraction of sp³-hybridized carbons (Fsp3) is 1.00. The second-order valence-electron chi connectivity index (χ2n) is 7.20. The van der Waals surface area contributed by atoms with E-state index in [1.54, 1.807) is 0 Å². The highest BCUT2D eigenvalue weighted by Crippen LogP contribution is 2.37. The Balaban J connectivity index is 1.71. The molecule has 2 heteroatoms. The van der Waals surface area contributed by atoms with Crippen LogP contribution < -0.4 is 0 Å². The van der Waals surface area contributed by atoms with E-state index in [0.29, 0.717) is 5.54 Å². The van der Waals surface area contributed by atoms with Crippen molar-refractivity contribution < 1.29 is 0 Å². The summed E-state index contributed by atoms with van der Waals surface area (Å²) in [5, 5.41) is 0. The summed E-state index contributed by atoms with van der Waals surface area (Å²) in [4.78, 5) is 5.66. The zero-order chi connectivity index (χ0) is 12.6. The molecule has 2 unspecified atom stereocenters. The van der Waals surface area contributed by atoms with E-state index in [9.17, 15) is 0 Å². The van der Waals surface area contributed by atoms with Crippen molar-refractivity contribution in [3.05, 3.63) is 0 Å². The van der Waals surface area contributed by atoms with E-state index in [4.69, 9.17) is 0 Å². The highest BCUT2D eigenvalue weighted by atomic mass is 15.3. The van der Waals surface area contributed by atoms with Gasteiger partial charge in [-0.15, -0.1) is 0 Å². The number of piperidine rings is 1. The molecule has 0 N–H and O–H groups in total. The first-order valence-corrected chi connectivity index (χ1v) is 8.20. The van der Waals surface area contributed by atoms with Crippen LogP contribution >= 0.6 is 0 Å². The second-order valence-corrected chi connectivity index (χ2v) is 7.20. The highest BCUT2D eigenvalue weighted by molar-refractivity contribution is 4.98. The van der Waals surface area contributed by atoms with Crippen LogP contribution in [0.25, 0.3) is 0 Å². The third-order valence-corrected chi connectivity index (χ3v) is 5.81. The van der Waals surface area contributed by atoms with E-state index in [0.717, 1.165) is 12.1 Å². The predicted molar refractivity (Wildman–Crippen MR) is 76.9 cm³/mol. The van der Waals surface area contributed by atoms with Crippen molar-refractivity contribution in [2.45, 2.75) is 82.8 Å².